The zero-order chi connectivity index (χ0) is 17.1. The highest BCUT2D eigenvalue weighted by atomic mass is 16.5. The Bertz CT molecular complexity index is 518. The van der Waals surface area contributed by atoms with Crippen molar-refractivity contribution < 1.29 is 24.2 Å². The summed E-state index contributed by atoms with van der Waals surface area (Å²) in [4.78, 5) is 33.3. The number of amides is 2. The van der Waals surface area contributed by atoms with Crippen LogP contribution in [0.3, 0.4) is 0 Å². The Balaban J connectivity index is 2.12. The van der Waals surface area contributed by atoms with E-state index in [1.165, 1.54) is 6.92 Å². The smallest absolute Gasteiger partial charge is 0.407 e. The summed E-state index contributed by atoms with van der Waals surface area (Å²) in [6.07, 6.45) is 0.973. The molecule has 0 fully saturated rings. The van der Waals surface area contributed by atoms with Gasteiger partial charge in [-0.2, -0.15) is 0 Å². The Labute approximate surface area is 135 Å². The van der Waals surface area contributed by atoms with Gasteiger partial charge in [0.1, 0.15) is 12.6 Å². The molecule has 0 aliphatic heterocycles. The van der Waals surface area contributed by atoms with Gasteiger partial charge < -0.3 is 20.5 Å². The van der Waals surface area contributed by atoms with Gasteiger partial charge in [0.05, 0.1) is 0 Å². The van der Waals surface area contributed by atoms with Crippen molar-refractivity contribution in [1.82, 2.24) is 10.6 Å². The first-order valence-corrected chi connectivity index (χ1v) is 7.43. The van der Waals surface area contributed by atoms with Crippen LogP contribution in [0.5, 0.6) is 0 Å². The lowest BCUT2D eigenvalue weighted by Crippen LogP contribution is -2.39. The fourth-order valence-corrected chi connectivity index (χ4v) is 1.94. The summed E-state index contributed by atoms with van der Waals surface area (Å²) in [6, 6.07) is 8.45. The van der Waals surface area contributed by atoms with E-state index in [9.17, 15) is 14.4 Å². The maximum absolute atomic E-state index is 11.5. The second-order valence-corrected chi connectivity index (χ2v) is 5.08. The average Bonchev–Trinajstić information content (AvgIpc) is 2.52. The van der Waals surface area contributed by atoms with Gasteiger partial charge in [-0.25, -0.2) is 9.59 Å². The van der Waals surface area contributed by atoms with Crippen LogP contribution in [0.4, 0.5) is 4.79 Å². The third-order valence-electron chi connectivity index (χ3n) is 3.08. The Morgan fingerprint density at radius 1 is 1.17 bits per heavy atom. The highest BCUT2D eigenvalue weighted by Crippen LogP contribution is 2.02. The quantitative estimate of drug-likeness (QED) is 0.600. The number of carbonyl (C=O) groups is 3. The maximum atomic E-state index is 11.5. The normalized spacial score (nSPS) is 11.3. The third-order valence-corrected chi connectivity index (χ3v) is 3.08. The Morgan fingerprint density at radius 3 is 2.48 bits per heavy atom. The van der Waals surface area contributed by atoms with Gasteiger partial charge in [-0.1, -0.05) is 30.3 Å². The first-order valence-electron chi connectivity index (χ1n) is 7.43. The third kappa shape index (κ3) is 8.45. The summed E-state index contributed by atoms with van der Waals surface area (Å²) >= 11 is 0. The van der Waals surface area contributed by atoms with Crippen molar-refractivity contribution in [2.45, 2.75) is 38.8 Å². The summed E-state index contributed by atoms with van der Waals surface area (Å²) in [5, 5.41) is 13.9. The van der Waals surface area contributed by atoms with E-state index in [0.29, 0.717) is 25.8 Å². The Hall–Kier alpha value is -2.57. The van der Waals surface area contributed by atoms with E-state index < -0.39 is 18.1 Å². The molecule has 1 rings (SSSR count). The molecule has 2 amide bonds. The van der Waals surface area contributed by atoms with E-state index in [4.69, 9.17) is 9.84 Å². The van der Waals surface area contributed by atoms with Crippen LogP contribution in [-0.4, -0.2) is 35.7 Å². The van der Waals surface area contributed by atoms with Crippen LogP contribution >= 0.6 is 0 Å². The monoisotopic (exact) mass is 322 g/mol. The number of aliphatic carboxylic acids is 1. The number of nitrogens with one attached hydrogen (secondary N) is 2. The number of alkyl carbamates (subject to hydrolysis) is 1. The van der Waals surface area contributed by atoms with Crippen LogP contribution in [0.1, 0.15) is 31.7 Å². The molecule has 3 N–H and O–H groups in total. The number of carboxylic acid groups (broad SMARTS) is 1. The van der Waals surface area contributed by atoms with Crippen LogP contribution in [0.25, 0.3) is 0 Å². The molecule has 1 aromatic rings. The molecule has 1 atom stereocenters. The fourth-order valence-electron chi connectivity index (χ4n) is 1.94. The molecule has 23 heavy (non-hydrogen) atoms. The molecule has 126 valence electrons. The Morgan fingerprint density at radius 2 is 1.87 bits per heavy atom. The fraction of sp³-hybridized carbons (Fsp3) is 0.438. The number of ether oxygens (including phenoxy) is 1. The molecular formula is C16H22N2O5. The number of unbranched alkanes of at least 4 members (excludes halogenated alkanes) is 1. The lowest BCUT2D eigenvalue weighted by molar-refractivity contribution is -0.141. The Kier molecular flexibility index (Phi) is 8.20. The topological polar surface area (TPSA) is 105 Å². The van der Waals surface area contributed by atoms with E-state index in [1.807, 2.05) is 30.3 Å². The van der Waals surface area contributed by atoms with Crippen LogP contribution in [0.2, 0.25) is 0 Å². The van der Waals surface area contributed by atoms with Gasteiger partial charge in [-0.15, -0.1) is 0 Å². The number of benzene rings is 1. The van der Waals surface area contributed by atoms with Crippen molar-refractivity contribution in [3.8, 4) is 0 Å². The van der Waals surface area contributed by atoms with Crippen molar-refractivity contribution >= 4 is 18.0 Å². The van der Waals surface area contributed by atoms with E-state index >= 15 is 0 Å². The molecule has 0 bridgehead atoms. The molecule has 7 heteroatoms. The minimum absolute atomic E-state index is 0.205. The SMILES string of the molecule is CC(=O)N[C@@H](CCCCNC(=O)OCc1ccccc1)C(=O)O. The number of carbonyl (C=O) groups excluding carboxylic acids is 2. The van der Waals surface area contributed by atoms with Gasteiger partial charge >= 0.3 is 12.1 Å². The number of hydrogen-bond donors (Lipinski definition) is 3. The number of rotatable bonds is 9. The van der Waals surface area contributed by atoms with E-state index in [2.05, 4.69) is 10.6 Å². The molecular weight excluding hydrogens is 300 g/mol. The summed E-state index contributed by atoms with van der Waals surface area (Å²) < 4.78 is 5.05. The van der Waals surface area contributed by atoms with Gasteiger partial charge in [0.15, 0.2) is 0 Å². The minimum atomic E-state index is -1.06. The highest BCUT2D eigenvalue weighted by Gasteiger charge is 2.17. The summed E-state index contributed by atoms with van der Waals surface area (Å²) in [5.74, 6) is -1.43. The van der Waals surface area contributed by atoms with E-state index in [0.717, 1.165) is 5.56 Å². The molecule has 0 aromatic heterocycles. The standard InChI is InChI=1S/C16H22N2O5/c1-12(19)18-14(15(20)21)9-5-6-10-17-16(22)23-11-13-7-3-2-4-8-13/h2-4,7-8,14H,5-6,9-11H2,1H3,(H,17,22)(H,18,19)(H,20,21)/t14-/m0/s1. The predicted octanol–water partition coefficient (Wildman–Crippen LogP) is 1.67. The van der Waals surface area contributed by atoms with E-state index in [1.54, 1.807) is 0 Å². The van der Waals surface area contributed by atoms with Crippen molar-refractivity contribution in [3.63, 3.8) is 0 Å². The average molecular weight is 322 g/mol. The first kappa shape index (κ1) is 18.5. The van der Waals surface area contributed by atoms with Gasteiger partial charge in [0.2, 0.25) is 5.91 Å². The molecule has 0 saturated carbocycles. The second kappa shape index (κ2) is 10.2. The van der Waals surface area contributed by atoms with Gasteiger partial charge in [0.25, 0.3) is 0 Å². The van der Waals surface area contributed by atoms with Crippen LogP contribution in [0.15, 0.2) is 30.3 Å². The zero-order valence-corrected chi connectivity index (χ0v) is 13.1. The number of carboxylic acids is 1. The molecule has 1 aromatic carbocycles. The van der Waals surface area contributed by atoms with Gasteiger partial charge in [0, 0.05) is 13.5 Å². The summed E-state index contributed by atoms with van der Waals surface area (Å²) in [5.41, 5.74) is 0.905. The first-order chi connectivity index (χ1) is 11.0. The summed E-state index contributed by atoms with van der Waals surface area (Å²) in [7, 11) is 0. The van der Waals surface area contributed by atoms with Gasteiger partial charge in [-0.05, 0) is 24.8 Å². The van der Waals surface area contributed by atoms with Gasteiger partial charge in [-0.3, -0.25) is 4.79 Å². The second-order valence-electron chi connectivity index (χ2n) is 5.08. The molecule has 0 saturated heterocycles. The van der Waals surface area contributed by atoms with Crippen molar-refractivity contribution in [2.75, 3.05) is 6.54 Å². The van der Waals surface area contributed by atoms with Crippen LogP contribution in [-0.2, 0) is 20.9 Å². The number of hydrogen-bond acceptors (Lipinski definition) is 4. The predicted molar refractivity (Wildman–Crippen MR) is 83.7 cm³/mol. The zero-order valence-electron chi connectivity index (χ0n) is 13.1. The highest BCUT2D eigenvalue weighted by molar-refractivity contribution is 5.81. The lowest BCUT2D eigenvalue weighted by atomic mass is 10.1. The van der Waals surface area contributed by atoms with Crippen molar-refractivity contribution in [3.05, 3.63) is 35.9 Å². The molecule has 0 aliphatic rings. The minimum Gasteiger partial charge on any atom is -0.480 e. The van der Waals surface area contributed by atoms with Crippen LogP contribution in [0, 0.1) is 0 Å². The molecule has 0 unspecified atom stereocenters. The van der Waals surface area contributed by atoms with Crippen molar-refractivity contribution in [2.24, 2.45) is 0 Å². The molecule has 0 spiro atoms. The van der Waals surface area contributed by atoms with E-state index in [-0.39, 0.29) is 12.5 Å². The molecule has 0 heterocycles. The molecule has 0 aliphatic carbocycles. The summed E-state index contributed by atoms with van der Waals surface area (Å²) in [6.45, 7) is 1.87. The maximum Gasteiger partial charge on any atom is 0.407 e. The molecule has 0 radical (unpaired) electrons. The van der Waals surface area contributed by atoms with Crippen LogP contribution < -0.4 is 10.6 Å². The lowest BCUT2D eigenvalue weighted by Gasteiger charge is -2.13. The van der Waals surface area contributed by atoms with Crippen molar-refractivity contribution in [1.29, 1.82) is 0 Å². The largest absolute Gasteiger partial charge is 0.480 e. The molecule has 7 nitrogen and oxygen atoms in total.